The quantitative estimate of drug-likeness (QED) is 0.709. The highest BCUT2D eigenvalue weighted by Crippen LogP contribution is 2.04. The minimum absolute atomic E-state index is 0.134. The molecule has 0 fully saturated rings. The topological polar surface area (TPSA) is 82.8 Å². The zero-order chi connectivity index (χ0) is 9.84. The first-order chi connectivity index (χ1) is 6.15. The van der Waals surface area contributed by atoms with E-state index in [1.54, 1.807) is 4.57 Å². The lowest BCUT2D eigenvalue weighted by Crippen LogP contribution is -2.13. The van der Waals surface area contributed by atoms with Gasteiger partial charge < -0.3 is 11.5 Å². The average Bonchev–Trinajstić information content (AvgIpc) is 2.02. The van der Waals surface area contributed by atoms with Crippen LogP contribution in [0.4, 0.5) is 11.9 Å². The molecule has 1 aromatic heterocycles. The number of nitrogen functional groups attached to an aromatic ring is 2. The molecule has 0 unspecified atom stereocenters. The zero-order valence-corrected chi connectivity index (χ0v) is 8.34. The van der Waals surface area contributed by atoms with Crippen LogP contribution in [-0.4, -0.2) is 14.5 Å². The van der Waals surface area contributed by atoms with E-state index in [0.29, 0.717) is 10.7 Å². The van der Waals surface area contributed by atoms with Gasteiger partial charge in [0.15, 0.2) is 0 Å². The summed E-state index contributed by atoms with van der Waals surface area (Å²) in [4.78, 5) is 7.68. The molecule has 1 aromatic rings. The third-order valence-electron chi connectivity index (χ3n) is 1.68. The Labute approximate surface area is 81.8 Å². The fourth-order valence-corrected chi connectivity index (χ4v) is 1.26. The van der Waals surface area contributed by atoms with Crippen molar-refractivity contribution in [1.29, 1.82) is 0 Å². The second kappa shape index (κ2) is 4.18. The first-order valence-corrected chi connectivity index (χ1v) is 4.55. The Kier molecular flexibility index (Phi) is 3.18. The summed E-state index contributed by atoms with van der Waals surface area (Å²) in [5.41, 5.74) is 11.0. The van der Waals surface area contributed by atoms with Crippen LogP contribution in [0.5, 0.6) is 0 Å². The SMILES string of the molecule is CCCCn1c(N)nc(N)nc1=S. The van der Waals surface area contributed by atoms with Crippen molar-refractivity contribution in [2.75, 3.05) is 11.5 Å². The highest BCUT2D eigenvalue weighted by molar-refractivity contribution is 7.71. The third-order valence-corrected chi connectivity index (χ3v) is 1.99. The molecule has 1 rings (SSSR count). The van der Waals surface area contributed by atoms with Crippen molar-refractivity contribution in [3.05, 3.63) is 4.77 Å². The van der Waals surface area contributed by atoms with Crippen molar-refractivity contribution in [2.45, 2.75) is 26.3 Å². The Morgan fingerprint density at radius 1 is 1.38 bits per heavy atom. The Hall–Kier alpha value is -1.17. The number of anilines is 2. The maximum absolute atomic E-state index is 5.63. The van der Waals surface area contributed by atoms with Crippen LogP contribution in [0.25, 0.3) is 0 Å². The normalized spacial score (nSPS) is 10.2. The monoisotopic (exact) mass is 199 g/mol. The minimum Gasteiger partial charge on any atom is -0.369 e. The predicted molar refractivity (Wildman–Crippen MR) is 54.6 cm³/mol. The van der Waals surface area contributed by atoms with Gasteiger partial charge in [0.25, 0.3) is 0 Å². The molecule has 0 aliphatic carbocycles. The fourth-order valence-electron chi connectivity index (χ4n) is 0.985. The summed E-state index contributed by atoms with van der Waals surface area (Å²) in [5.74, 6) is 0.473. The summed E-state index contributed by atoms with van der Waals surface area (Å²) in [6.45, 7) is 2.85. The molecule has 0 amide bonds. The van der Waals surface area contributed by atoms with Crippen LogP contribution in [0.1, 0.15) is 19.8 Å². The van der Waals surface area contributed by atoms with Gasteiger partial charge in [0.05, 0.1) is 0 Å². The molecule has 0 aliphatic heterocycles. The Morgan fingerprint density at radius 2 is 2.08 bits per heavy atom. The molecular formula is C7H13N5S. The van der Waals surface area contributed by atoms with E-state index in [1.165, 1.54) is 0 Å². The van der Waals surface area contributed by atoms with Gasteiger partial charge in [-0.05, 0) is 18.6 Å². The first-order valence-electron chi connectivity index (χ1n) is 4.15. The fraction of sp³-hybridized carbons (Fsp3) is 0.571. The standard InChI is InChI=1S/C7H13N5S/c1-2-3-4-12-6(9)10-5(8)11-7(12)13/h2-4H2,1H3,(H4,8,9,10,11,13). The molecule has 4 N–H and O–H groups in total. The molecule has 0 spiro atoms. The van der Waals surface area contributed by atoms with Crippen molar-refractivity contribution < 1.29 is 0 Å². The molecule has 0 aromatic carbocycles. The van der Waals surface area contributed by atoms with Crippen molar-refractivity contribution in [1.82, 2.24) is 14.5 Å². The zero-order valence-electron chi connectivity index (χ0n) is 7.53. The molecule has 6 heteroatoms. The molecule has 0 saturated heterocycles. The number of hydrogen-bond donors (Lipinski definition) is 2. The number of aromatic nitrogens is 3. The van der Waals surface area contributed by atoms with Gasteiger partial charge in [-0.15, -0.1) is 0 Å². The lowest BCUT2D eigenvalue weighted by Gasteiger charge is -2.08. The number of nitrogens with two attached hydrogens (primary N) is 2. The molecule has 13 heavy (non-hydrogen) atoms. The molecule has 0 bridgehead atoms. The van der Waals surface area contributed by atoms with Crippen LogP contribution in [0.3, 0.4) is 0 Å². The van der Waals surface area contributed by atoms with Gasteiger partial charge in [-0.1, -0.05) is 13.3 Å². The van der Waals surface area contributed by atoms with E-state index < -0.39 is 0 Å². The van der Waals surface area contributed by atoms with Crippen LogP contribution in [0.15, 0.2) is 0 Å². The highest BCUT2D eigenvalue weighted by Gasteiger charge is 2.01. The van der Waals surface area contributed by atoms with Crippen molar-refractivity contribution in [3.63, 3.8) is 0 Å². The second-order valence-corrected chi connectivity index (χ2v) is 3.09. The summed E-state index contributed by atoms with van der Waals surface area (Å²) in [6.07, 6.45) is 2.08. The molecule has 5 nitrogen and oxygen atoms in total. The van der Waals surface area contributed by atoms with Crippen molar-refractivity contribution in [3.8, 4) is 0 Å². The highest BCUT2D eigenvalue weighted by atomic mass is 32.1. The van der Waals surface area contributed by atoms with E-state index in [-0.39, 0.29) is 5.95 Å². The molecule has 0 saturated carbocycles. The smallest absolute Gasteiger partial charge is 0.225 e. The lowest BCUT2D eigenvalue weighted by atomic mass is 10.3. The van der Waals surface area contributed by atoms with E-state index in [0.717, 1.165) is 19.4 Å². The van der Waals surface area contributed by atoms with Gasteiger partial charge in [-0.25, -0.2) is 0 Å². The van der Waals surface area contributed by atoms with Crippen LogP contribution >= 0.6 is 12.2 Å². The minimum atomic E-state index is 0.134. The summed E-state index contributed by atoms with van der Waals surface area (Å²) in [6, 6.07) is 0. The van der Waals surface area contributed by atoms with E-state index in [1.807, 2.05) is 0 Å². The number of unbranched alkanes of at least 4 members (excludes halogenated alkanes) is 1. The van der Waals surface area contributed by atoms with E-state index >= 15 is 0 Å². The largest absolute Gasteiger partial charge is 0.369 e. The van der Waals surface area contributed by atoms with Crippen LogP contribution in [0.2, 0.25) is 0 Å². The number of rotatable bonds is 3. The maximum Gasteiger partial charge on any atom is 0.225 e. The third kappa shape index (κ3) is 2.38. The number of nitrogens with zero attached hydrogens (tertiary/aromatic N) is 3. The summed E-state index contributed by atoms with van der Waals surface area (Å²) >= 11 is 4.99. The van der Waals surface area contributed by atoms with Crippen LogP contribution in [-0.2, 0) is 6.54 Å². The average molecular weight is 199 g/mol. The molecule has 0 aliphatic rings. The Bertz CT molecular complexity index is 345. The van der Waals surface area contributed by atoms with Gasteiger partial charge in [0, 0.05) is 6.54 Å². The lowest BCUT2D eigenvalue weighted by molar-refractivity contribution is 0.610. The second-order valence-electron chi connectivity index (χ2n) is 2.73. The van der Waals surface area contributed by atoms with Crippen molar-refractivity contribution >= 4 is 24.1 Å². The molecular weight excluding hydrogens is 186 g/mol. The number of hydrogen-bond acceptors (Lipinski definition) is 5. The predicted octanol–water partition coefficient (Wildman–Crippen LogP) is 0.972. The van der Waals surface area contributed by atoms with Gasteiger partial charge >= 0.3 is 0 Å². The van der Waals surface area contributed by atoms with Crippen molar-refractivity contribution in [2.24, 2.45) is 0 Å². The summed E-state index contributed by atoms with van der Waals surface area (Å²) < 4.78 is 2.09. The summed E-state index contributed by atoms with van der Waals surface area (Å²) in [7, 11) is 0. The Balaban J connectivity index is 2.99. The van der Waals surface area contributed by atoms with Gasteiger partial charge in [0.2, 0.25) is 16.7 Å². The van der Waals surface area contributed by atoms with Gasteiger partial charge in [0.1, 0.15) is 0 Å². The molecule has 72 valence electrons. The summed E-state index contributed by atoms with van der Waals surface area (Å²) in [5, 5.41) is 0. The van der Waals surface area contributed by atoms with Gasteiger partial charge in [-0.3, -0.25) is 4.57 Å². The maximum atomic E-state index is 5.63. The first kappa shape index (κ1) is 9.91. The molecule has 0 atom stereocenters. The van der Waals surface area contributed by atoms with E-state index in [4.69, 9.17) is 23.7 Å². The van der Waals surface area contributed by atoms with Gasteiger partial charge in [-0.2, -0.15) is 9.97 Å². The molecule has 0 radical (unpaired) electrons. The Morgan fingerprint density at radius 3 is 2.62 bits per heavy atom. The van der Waals surface area contributed by atoms with Crippen LogP contribution in [0, 0.1) is 4.77 Å². The van der Waals surface area contributed by atoms with E-state index in [2.05, 4.69) is 16.9 Å². The van der Waals surface area contributed by atoms with Crippen LogP contribution < -0.4 is 11.5 Å². The van der Waals surface area contributed by atoms with E-state index in [9.17, 15) is 0 Å². The molecule has 1 heterocycles.